The number of aromatic nitrogens is 2. The first kappa shape index (κ1) is 21.0. The van der Waals surface area contributed by atoms with Crippen molar-refractivity contribution in [2.45, 2.75) is 32.7 Å². The molecule has 0 N–H and O–H groups in total. The Labute approximate surface area is 190 Å². The van der Waals surface area contributed by atoms with E-state index < -0.39 is 0 Å². The Morgan fingerprint density at radius 2 is 1.50 bits per heavy atom. The van der Waals surface area contributed by atoms with Crippen LogP contribution in [0.1, 0.15) is 35.2 Å². The van der Waals surface area contributed by atoms with Crippen LogP contribution in [-0.4, -0.2) is 53.0 Å². The highest BCUT2D eigenvalue weighted by Gasteiger charge is 2.20. The summed E-state index contributed by atoms with van der Waals surface area (Å²) in [6.07, 6.45) is 5.92. The van der Waals surface area contributed by atoms with Crippen LogP contribution in [0, 0.1) is 6.92 Å². The molecule has 32 heavy (non-hydrogen) atoms. The van der Waals surface area contributed by atoms with E-state index in [1.54, 1.807) is 0 Å². The molecule has 1 atom stereocenters. The number of nitrogens with zero attached hydrogens (tertiary/aromatic N) is 4. The monoisotopic (exact) mass is 424 g/mol. The number of piperazine rings is 1. The van der Waals surface area contributed by atoms with E-state index in [1.807, 2.05) is 12.4 Å². The van der Waals surface area contributed by atoms with E-state index in [0.29, 0.717) is 6.04 Å². The molecule has 1 saturated heterocycles. The lowest BCUT2D eigenvalue weighted by Crippen LogP contribution is -2.45. The van der Waals surface area contributed by atoms with Crippen molar-refractivity contribution in [3.63, 3.8) is 0 Å². The minimum absolute atomic E-state index is 0.480. The molecule has 0 spiro atoms. The SMILES string of the molecule is Cc1ccc2c(c1)ncc1ncc(CCc3ccc(C(C)N4CCN(C)CC4)cc3)cc12. The molecule has 164 valence electrons. The van der Waals surface area contributed by atoms with Crippen LogP contribution in [0.25, 0.3) is 21.8 Å². The standard InChI is InChI=1S/C28H32N4/c1-20-4-11-25-26-17-23(18-29-28(26)19-30-27(25)16-20)6-5-22-7-9-24(10-8-22)21(2)32-14-12-31(3)13-15-32/h4,7-11,16-19,21H,5-6,12-15H2,1-3H3. The largest absolute Gasteiger partial charge is 0.304 e. The number of likely N-dealkylation sites (N-methyl/N-ethyl adjacent to an activating group) is 1. The maximum Gasteiger partial charge on any atom is 0.0891 e. The van der Waals surface area contributed by atoms with Gasteiger partial charge in [0.1, 0.15) is 0 Å². The molecule has 4 heteroatoms. The second-order valence-electron chi connectivity index (χ2n) is 9.31. The van der Waals surface area contributed by atoms with Crippen molar-refractivity contribution in [3.05, 3.63) is 83.2 Å². The van der Waals surface area contributed by atoms with Crippen LogP contribution in [0.3, 0.4) is 0 Å². The zero-order chi connectivity index (χ0) is 22.1. The number of rotatable bonds is 5. The second-order valence-corrected chi connectivity index (χ2v) is 9.31. The third-order valence-corrected chi connectivity index (χ3v) is 6.99. The fraction of sp³-hybridized carbons (Fsp3) is 0.357. The van der Waals surface area contributed by atoms with Gasteiger partial charge in [-0.3, -0.25) is 14.9 Å². The molecule has 0 aliphatic carbocycles. The topological polar surface area (TPSA) is 32.3 Å². The van der Waals surface area contributed by atoms with Crippen LogP contribution in [0.4, 0.5) is 0 Å². The minimum Gasteiger partial charge on any atom is -0.304 e. The Kier molecular flexibility index (Phi) is 5.90. The molecular weight excluding hydrogens is 392 g/mol. The van der Waals surface area contributed by atoms with Crippen LogP contribution in [0.5, 0.6) is 0 Å². The van der Waals surface area contributed by atoms with Gasteiger partial charge in [0.2, 0.25) is 0 Å². The van der Waals surface area contributed by atoms with Gasteiger partial charge in [-0.1, -0.05) is 36.4 Å². The molecular formula is C28H32N4. The van der Waals surface area contributed by atoms with E-state index in [4.69, 9.17) is 0 Å². The fourth-order valence-corrected chi connectivity index (χ4v) is 4.75. The smallest absolute Gasteiger partial charge is 0.0891 e. The van der Waals surface area contributed by atoms with Crippen LogP contribution in [-0.2, 0) is 12.8 Å². The molecule has 0 saturated carbocycles. The van der Waals surface area contributed by atoms with Crippen molar-refractivity contribution in [3.8, 4) is 0 Å². The molecule has 1 aliphatic heterocycles. The fourth-order valence-electron chi connectivity index (χ4n) is 4.75. The summed E-state index contributed by atoms with van der Waals surface area (Å²) >= 11 is 0. The Morgan fingerprint density at radius 3 is 2.28 bits per heavy atom. The quantitative estimate of drug-likeness (QED) is 0.413. The van der Waals surface area contributed by atoms with Gasteiger partial charge in [0, 0.05) is 49.2 Å². The Morgan fingerprint density at radius 1 is 0.781 bits per heavy atom. The number of pyridine rings is 2. The normalized spacial score (nSPS) is 16.6. The summed E-state index contributed by atoms with van der Waals surface area (Å²) in [4.78, 5) is 14.3. The third-order valence-electron chi connectivity index (χ3n) is 6.99. The first-order valence-electron chi connectivity index (χ1n) is 11.7. The summed E-state index contributed by atoms with van der Waals surface area (Å²) in [6, 6.07) is 18.5. The molecule has 3 heterocycles. The highest BCUT2D eigenvalue weighted by molar-refractivity contribution is 6.04. The maximum absolute atomic E-state index is 4.69. The highest BCUT2D eigenvalue weighted by atomic mass is 15.3. The van der Waals surface area contributed by atoms with Gasteiger partial charge >= 0.3 is 0 Å². The van der Waals surface area contributed by atoms with Crippen LogP contribution >= 0.6 is 0 Å². The lowest BCUT2D eigenvalue weighted by Gasteiger charge is -2.36. The zero-order valence-electron chi connectivity index (χ0n) is 19.4. The maximum atomic E-state index is 4.69. The molecule has 1 fully saturated rings. The molecule has 1 unspecified atom stereocenters. The summed E-state index contributed by atoms with van der Waals surface area (Å²) < 4.78 is 0. The van der Waals surface area contributed by atoms with E-state index in [0.717, 1.165) is 50.1 Å². The van der Waals surface area contributed by atoms with Gasteiger partial charge in [0.05, 0.1) is 17.2 Å². The Bertz CT molecular complexity index is 1220. The van der Waals surface area contributed by atoms with Crippen LogP contribution < -0.4 is 0 Å². The molecule has 2 aromatic carbocycles. The van der Waals surface area contributed by atoms with Crippen LogP contribution in [0.15, 0.2) is 60.9 Å². The van der Waals surface area contributed by atoms with E-state index in [2.05, 4.69) is 89.2 Å². The highest BCUT2D eigenvalue weighted by Crippen LogP contribution is 2.25. The number of hydrogen-bond acceptors (Lipinski definition) is 4. The molecule has 2 aromatic heterocycles. The van der Waals surface area contributed by atoms with Crippen LogP contribution in [0.2, 0.25) is 0 Å². The first-order chi connectivity index (χ1) is 15.6. The van der Waals surface area contributed by atoms with Crippen molar-refractivity contribution in [2.24, 2.45) is 0 Å². The number of fused-ring (bicyclic) bond motifs is 3. The summed E-state index contributed by atoms with van der Waals surface area (Å²) in [5.74, 6) is 0. The van der Waals surface area contributed by atoms with Crippen molar-refractivity contribution in [1.29, 1.82) is 0 Å². The van der Waals surface area contributed by atoms with Gasteiger partial charge < -0.3 is 4.90 Å². The average Bonchev–Trinajstić information content (AvgIpc) is 2.82. The third kappa shape index (κ3) is 4.38. The van der Waals surface area contributed by atoms with E-state index >= 15 is 0 Å². The van der Waals surface area contributed by atoms with Gasteiger partial charge in [-0.2, -0.15) is 0 Å². The molecule has 5 rings (SSSR count). The molecule has 4 nitrogen and oxygen atoms in total. The van der Waals surface area contributed by atoms with Gasteiger partial charge in [-0.25, -0.2) is 0 Å². The Hall–Kier alpha value is -2.82. The summed E-state index contributed by atoms with van der Waals surface area (Å²) in [5.41, 5.74) is 7.32. The van der Waals surface area contributed by atoms with Crippen molar-refractivity contribution < 1.29 is 0 Å². The Balaban J connectivity index is 1.28. The number of hydrogen-bond donors (Lipinski definition) is 0. The lowest BCUT2D eigenvalue weighted by atomic mass is 10.00. The zero-order valence-corrected chi connectivity index (χ0v) is 19.4. The number of aryl methyl sites for hydroxylation is 3. The second kappa shape index (κ2) is 8.97. The molecule has 0 radical (unpaired) electrons. The van der Waals surface area contributed by atoms with Crippen molar-refractivity contribution in [2.75, 3.05) is 33.2 Å². The first-order valence-corrected chi connectivity index (χ1v) is 11.7. The predicted molar refractivity (Wildman–Crippen MR) is 133 cm³/mol. The van der Waals surface area contributed by atoms with E-state index in [9.17, 15) is 0 Å². The van der Waals surface area contributed by atoms with Crippen molar-refractivity contribution >= 4 is 21.8 Å². The minimum atomic E-state index is 0.480. The molecule has 1 aliphatic rings. The van der Waals surface area contributed by atoms with Gasteiger partial charge in [0.25, 0.3) is 0 Å². The van der Waals surface area contributed by atoms with Gasteiger partial charge in [-0.15, -0.1) is 0 Å². The molecule has 0 bridgehead atoms. The number of benzene rings is 2. The van der Waals surface area contributed by atoms with Gasteiger partial charge in [-0.05, 0) is 68.1 Å². The molecule has 4 aromatic rings. The van der Waals surface area contributed by atoms with Gasteiger partial charge in [0.15, 0.2) is 0 Å². The predicted octanol–water partition coefficient (Wildman–Crippen LogP) is 5.19. The van der Waals surface area contributed by atoms with Crippen molar-refractivity contribution in [1.82, 2.24) is 19.8 Å². The van der Waals surface area contributed by atoms with E-state index in [1.165, 1.54) is 33.0 Å². The lowest BCUT2D eigenvalue weighted by molar-refractivity contribution is 0.119. The summed E-state index contributed by atoms with van der Waals surface area (Å²) in [7, 11) is 2.21. The summed E-state index contributed by atoms with van der Waals surface area (Å²) in [5, 5.41) is 2.38. The van der Waals surface area contributed by atoms with E-state index in [-0.39, 0.29) is 0 Å². The molecule has 0 amide bonds. The average molecular weight is 425 g/mol. The summed E-state index contributed by atoms with van der Waals surface area (Å²) in [6.45, 7) is 9.07.